The Hall–Kier alpha value is -3.87. The summed E-state index contributed by atoms with van der Waals surface area (Å²) in [6, 6.07) is 17.2. The lowest BCUT2D eigenvalue weighted by molar-refractivity contribution is -0.142. The second-order valence-electron chi connectivity index (χ2n) is 11.0. The first-order chi connectivity index (χ1) is 17.8. The summed E-state index contributed by atoms with van der Waals surface area (Å²) < 4.78 is 5.33. The van der Waals surface area contributed by atoms with Gasteiger partial charge in [0, 0.05) is 11.7 Å². The highest BCUT2D eigenvalue weighted by Gasteiger charge is 2.36. The number of nitrogens with one attached hydrogen (secondary N) is 2. The van der Waals surface area contributed by atoms with E-state index in [0.717, 1.165) is 21.9 Å². The van der Waals surface area contributed by atoms with Crippen LogP contribution >= 0.6 is 0 Å². The highest BCUT2D eigenvalue weighted by Crippen LogP contribution is 2.29. The monoisotopic (exact) mass is 517 g/mol. The van der Waals surface area contributed by atoms with E-state index in [1.807, 2.05) is 88.4 Å². The molecule has 0 fully saturated rings. The Balaban J connectivity index is 1.97. The summed E-state index contributed by atoms with van der Waals surface area (Å²) >= 11 is 0. The number of fused-ring (bicyclic) bond motifs is 1. The SMILES string of the molecule is Cc1ccc(C(C(=O)Nc2ccc3ccccc3c2)N(C(=O)C(C)NC(=O)OC(C)(C)C)C(C)C)cc1C. The van der Waals surface area contributed by atoms with E-state index in [9.17, 15) is 14.4 Å². The molecule has 0 saturated carbocycles. The van der Waals surface area contributed by atoms with Crippen molar-refractivity contribution in [2.75, 3.05) is 5.32 Å². The van der Waals surface area contributed by atoms with E-state index in [1.165, 1.54) is 4.90 Å². The van der Waals surface area contributed by atoms with E-state index in [1.54, 1.807) is 27.7 Å². The molecule has 202 valence electrons. The zero-order valence-corrected chi connectivity index (χ0v) is 23.6. The van der Waals surface area contributed by atoms with Gasteiger partial charge in [-0.3, -0.25) is 9.59 Å². The van der Waals surface area contributed by atoms with Crippen LogP contribution in [0.1, 0.15) is 64.3 Å². The number of ether oxygens (including phenoxy) is 1. The fourth-order valence-electron chi connectivity index (χ4n) is 4.30. The molecule has 0 heterocycles. The number of hydrogen-bond acceptors (Lipinski definition) is 4. The summed E-state index contributed by atoms with van der Waals surface area (Å²) in [5, 5.41) is 7.71. The van der Waals surface area contributed by atoms with Crippen LogP contribution in [0.15, 0.2) is 60.7 Å². The lowest BCUT2D eigenvalue weighted by Crippen LogP contribution is -2.53. The van der Waals surface area contributed by atoms with E-state index in [4.69, 9.17) is 4.74 Å². The molecule has 2 unspecified atom stereocenters. The van der Waals surface area contributed by atoms with E-state index in [0.29, 0.717) is 11.3 Å². The fraction of sp³-hybridized carbons (Fsp3) is 0.387. The van der Waals surface area contributed by atoms with Gasteiger partial charge in [0.1, 0.15) is 17.7 Å². The highest BCUT2D eigenvalue weighted by molar-refractivity contribution is 6.00. The number of alkyl carbamates (subject to hydrolysis) is 1. The molecule has 0 aliphatic heterocycles. The van der Waals surface area contributed by atoms with Gasteiger partial charge in [0.25, 0.3) is 5.91 Å². The van der Waals surface area contributed by atoms with Crippen LogP contribution in [0.4, 0.5) is 10.5 Å². The first-order valence-electron chi connectivity index (χ1n) is 13.0. The molecule has 0 saturated heterocycles. The van der Waals surface area contributed by atoms with E-state index < -0.39 is 23.8 Å². The quantitative estimate of drug-likeness (QED) is 0.386. The molecule has 3 aromatic rings. The Bertz CT molecular complexity index is 1330. The minimum absolute atomic E-state index is 0.334. The Morgan fingerprint density at radius 3 is 2.11 bits per heavy atom. The molecule has 38 heavy (non-hydrogen) atoms. The van der Waals surface area contributed by atoms with Gasteiger partial charge in [0.05, 0.1) is 0 Å². The molecule has 2 N–H and O–H groups in total. The maximum atomic E-state index is 13.9. The molecule has 7 heteroatoms. The molecule has 0 bridgehead atoms. The van der Waals surface area contributed by atoms with Crippen molar-refractivity contribution < 1.29 is 19.1 Å². The minimum atomic E-state index is -0.920. The maximum Gasteiger partial charge on any atom is 0.408 e. The van der Waals surface area contributed by atoms with Crippen molar-refractivity contribution in [1.82, 2.24) is 10.2 Å². The van der Waals surface area contributed by atoms with Gasteiger partial charge >= 0.3 is 6.09 Å². The summed E-state index contributed by atoms with van der Waals surface area (Å²) in [4.78, 5) is 41.6. The predicted molar refractivity (Wildman–Crippen MR) is 152 cm³/mol. The summed E-state index contributed by atoms with van der Waals surface area (Å²) in [7, 11) is 0. The second-order valence-corrected chi connectivity index (χ2v) is 11.0. The van der Waals surface area contributed by atoms with Crippen molar-refractivity contribution in [2.45, 2.75) is 79.1 Å². The van der Waals surface area contributed by atoms with E-state index in [2.05, 4.69) is 10.6 Å². The van der Waals surface area contributed by atoms with Crippen molar-refractivity contribution in [3.05, 3.63) is 77.4 Å². The summed E-state index contributed by atoms with van der Waals surface area (Å²) in [6.45, 7) is 14.6. The van der Waals surface area contributed by atoms with Gasteiger partial charge in [-0.15, -0.1) is 0 Å². The molecule has 3 aromatic carbocycles. The molecule has 3 amide bonds. The highest BCUT2D eigenvalue weighted by atomic mass is 16.6. The van der Waals surface area contributed by atoms with Gasteiger partial charge in [-0.1, -0.05) is 48.5 Å². The number of hydrogen-bond donors (Lipinski definition) is 2. The molecule has 0 aromatic heterocycles. The second kappa shape index (κ2) is 11.7. The first-order valence-corrected chi connectivity index (χ1v) is 13.0. The van der Waals surface area contributed by atoms with Crippen LogP contribution in [0, 0.1) is 13.8 Å². The van der Waals surface area contributed by atoms with Crippen molar-refractivity contribution in [3.8, 4) is 0 Å². The minimum Gasteiger partial charge on any atom is -0.444 e. The molecule has 7 nitrogen and oxygen atoms in total. The number of nitrogens with zero attached hydrogens (tertiary/aromatic N) is 1. The van der Waals surface area contributed by atoms with Gasteiger partial charge in [-0.25, -0.2) is 4.79 Å². The topological polar surface area (TPSA) is 87.7 Å². The molecule has 2 atom stereocenters. The van der Waals surface area contributed by atoms with Crippen LogP contribution in [0.2, 0.25) is 0 Å². The number of aryl methyl sites for hydroxylation is 2. The summed E-state index contributed by atoms with van der Waals surface area (Å²) in [5.74, 6) is -0.724. The predicted octanol–water partition coefficient (Wildman–Crippen LogP) is 6.29. The van der Waals surface area contributed by atoms with Gasteiger partial charge in [-0.05, 0) is 95.0 Å². The third-order valence-corrected chi connectivity index (χ3v) is 6.30. The summed E-state index contributed by atoms with van der Waals surface area (Å²) in [6.07, 6.45) is -0.689. The van der Waals surface area contributed by atoms with Crippen LogP contribution < -0.4 is 10.6 Å². The van der Waals surface area contributed by atoms with E-state index in [-0.39, 0.29) is 17.9 Å². The molecule has 0 aliphatic rings. The van der Waals surface area contributed by atoms with Gasteiger partial charge in [0.15, 0.2) is 0 Å². The molecule has 3 rings (SSSR count). The first kappa shape index (κ1) is 28.7. The van der Waals surface area contributed by atoms with Crippen LogP contribution in [0.5, 0.6) is 0 Å². The zero-order valence-electron chi connectivity index (χ0n) is 23.6. The zero-order chi connectivity index (χ0) is 28.2. The number of carbonyl (C=O) groups is 3. The van der Waals surface area contributed by atoms with Gasteiger partial charge < -0.3 is 20.3 Å². The van der Waals surface area contributed by atoms with Gasteiger partial charge in [-0.2, -0.15) is 0 Å². The summed E-state index contributed by atoms with van der Waals surface area (Å²) in [5.41, 5.74) is 2.73. The molecule has 0 aliphatic carbocycles. The Morgan fingerprint density at radius 1 is 0.842 bits per heavy atom. The third kappa shape index (κ3) is 7.12. The average Bonchev–Trinajstić information content (AvgIpc) is 2.82. The standard InChI is InChI=1S/C31H39N3O4/c1-19(2)34(29(36)22(5)32-30(37)38-31(6,7)8)27(25-14-13-20(3)21(4)17-25)28(35)33-26-16-15-23-11-9-10-12-24(23)18-26/h9-19,22,27H,1-8H3,(H,32,37)(H,33,35). The van der Waals surface area contributed by atoms with Gasteiger partial charge in [0.2, 0.25) is 5.91 Å². The molecular formula is C31H39N3O4. The Morgan fingerprint density at radius 2 is 1.50 bits per heavy atom. The van der Waals surface area contributed by atoms with Crippen LogP contribution in [-0.4, -0.2) is 40.5 Å². The third-order valence-electron chi connectivity index (χ3n) is 6.30. The Labute approximate surface area is 225 Å². The van der Waals surface area contributed by atoms with Crippen LogP contribution in [0.3, 0.4) is 0 Å². The molecular weight excluding hydrogens is 478 g/mol. The van der Waals surface area contributed by atoms with Crippen molar-refractivity contribution >= 4 is 34.4 Å². The number of carbonyl (C=O) groups excluding carboxylic acids is 3. The smallest absolute Gasteiger partial charge is 0.408 e. The number of rotatable bonds is 7. The maximum absolute atomic E-state index is 13.9. The number of anilines is 1. The van der Waals surface area contributed by atoms with E-state index >= 15 is 0 Å². The largest absolute Gasteiger partial charge is 0.444 e. The lowest BCUT2D eigenvalue weighted by atomic mass is 9.97. The number of benzene rings is 3. The van der Waals surface area contributed by atoms with Crippen molar-refractivity contribution in [2.24, 2.45) is 0 Å². The lowest BCUT2D eigenvalue weighted by Gasteiger charge is -2.36. The molecule has 0 spiro atoms. The van der Waals surface area contributed by atoms with Crippen molar-refractivity contribution in [3.63, 3.8) is 0 Å². The average molecular weight is 518 g/mol. The number of amides is 3. The Kier molecular flexibility index (Phi) is 8.82. The molecule has 0 radical (unpaired) electrons. The van der Waals surface area contributed by atoms with Crippen LogP contribution in [0.25, 0.3) is 10.8 Å². The normalized spacial score (nSPS) is 13.1. The van der Waals surface area contributed by atoms with Crippen LogP contribution in [-0.2, 0) is 14.3 Å². The van der Waals surface area contributed by atoms with Crippen molar-refractivity contribution in [1.29, 1.82) is 0 Å². The fourth-order valence-corrected chi connectivity index (χ4v) is 4.30.